The summed E-state index contributed by atoms with van der Waals surface area (Å²) in [6.45, 7) is 4.58. The Morgan fingerprint density at radius 3 is 2.29 bits per heavy atom. The van der Waals surface area contributed by atoms with Crippen LogP contribution in [0, 0.1) is 0 Å². The molecule has 0 aliphatic heterocycles. The molecule has 1 N–H and O–H groups in total. The number of Topliss-reactive ketones (excluding diaryl/α,β-unsaturated/α-hetero) is 1. The number of ether oxygens (including phenoxy) is 2. The largest absolute Gasteiger partial charge is 0.385 e. The predicted octanol–water partition coefficient (Wildman–Crippen LogP) is 1.36. The van der Waals surface area contributed by atoms with E-state index in [-0.39, 0.29) is 12.6 Å². The summed E-state index contributed by atoms with van der Waals surface area (Å²) in [6, 6.07) is 0. The van der Waals surface area contributed by atoms with Crippen LogP contribution in [0.4, 0.5) is 0 Å². The van der Waals surface area contributed by atoms with Crippen molar-refractivity contribution in [2.45, 2.75) is 33.1 Å². The number of ketones is 1. The monoisotopic (exact) mass is 206 g/mol. The highest BCUT2D eigenvalue weighted by Gasteiger charge is 1.89. The zero-order valence-corrected chi connectivity index (χ0v) is 9.41. The van der Waals surface area contributed by atoms with Crippen LogP contribution < -0.4 is 0 Å². The minimum atomic E-state index is -0.298. The van der Waals surface area contributed by atoms with Crippen molar-refractivity contribution in [2.24, 2.45) is 0 Å². The van der Waals surface area contributed by atoms with E-state index in [1.165, 1.54) is 19.8 Å². The molecule has 0 aromatic rings. The summed E-state index contributed by atoms with van der Waals surface area (Å²) in [4.78, 5) is 10.2. The van der Waals surface area contributed by atoms with Crippen LogP contribution >= 0.6 is 0 Å². The quantitative estimate of drug-likeness (QED) is 0.505. The third-order valence-corrected chi connectivity index (χ3v) is 1.39. The Balaban J connectivity index is 0. The molecule has 86 valence electrons. The zero-order chi connectivity index (χ0) is 11.2. The first-order valence-electron chi connectivity index (χ1n) is 4.86. The highest BCUT2D eigenvalue weighted by Crippen LogP contribution is 1.83. The van der Waals surface area contributed by atoms with Gasteiger partial charge in [0.1, 0.15) is 12.6 Å². The minimum absolute atomic E-state index is 0.0819. The Morgan fingerprint density at radius 1 is 1.36 bits per heavy atom. The average molecular weight is 206 g/mol. The molecular formula is C10H22O4. The van der Waals surface area contributed by atoms with Crippen molar-refractivity contribution in [3.63, 3.8) is 0 Å². The van der Waals surface area contributed by atoms with Crippen LogP contribution in [0.2, 0.25) is 0 Å². The lowest BCUT2D eigenvalue weighted by Gasteiger charge is -1.93. The molecule has 0 atom stereocenters. The number of carbonyl (C=O) groups excluding carboxylic acids is 1. The van der Waals surface area contributed by atoms with E-state index in [1.807, 2.05) is 0 Å². The highest BCUT2D eigenvalue weighted by atomic mass is 16.6. The van der Waals surface area contributed by atoms with Gasteiger partial charge < -0.3 is 14.6 Å². The summed E-state index contributed by atoms with van der Waals surface area (Å²) in [5, 5.41) is 8.05. The second kappa shape index (κ2) is 15.0. The topological polar surface area (TPSA) is 55.8 Å². The molecule has 0 saturated carbocycles. The molecule has 4 heteroatoms. The number of methoxy groups -OCH3 is 1. The van der Waals surface area contributed by atoms with Crippen LogP contribution in [0.15, 0.2) is 0 Å². The van der Waals surface area contributed by atoms with Crippen molar-refractivity contribution >= 4 is 5.78 Å². The van der Waals surface area contributed by atoms with E-state index in [9.17, 15) is 4.79 Å². The fraction of sp³-hybridized carbons (Fsp3) is 0.900. The van der Waals surface area contributed by atoms with Gasteiger partial charge in [0.15, 0.2) is 0 Å². The highest BCUT2D eigenvalue weighted by molar-refractivity contribution is 5.75. The summed E-state index contributed by atoms with van der Waals surface area (Å²) in [5.41, 5.74) is 0. The fourth-order valence-corrected chi connectivity index (χ4v) is 0.569. The van der Waals surface area contributed by atoms with Gasteiger partial charge in [0, 0.05) is 20.1 Å². The number of aliphatic hydroxyl groups is 1. The molecule has 0 radical (unpaired) electrons. The molecule has 0 aliphatic rings. The summed E-state index contributed by atoms with van der Waals surface area (Å²) in [5.74, 6) is 0.0819. The Kier molecular flexibility index (Phi) is 17.2. The van der Waals surface area contributed by atoms with Crippen molar-refractivity contribution in [3.05, 3.63) is 0 Å². The summed E-state index contributed by atoms with van der Waals surface area (Å²) in [6.07, 6.45) is 2.81. The first-order chi connectivity index (χ1) is 6.68. The third-order valence-electron chi connectivity index (χ3n) is 1.39. The van der Waals surface area contributed by atoms with E-state index >= 15 is 0 Å². The van der Waals surface area contributed by atoms with Crippen molar-refractivity contribution in [2.75, 3.05) is 27.1 Å². The number of hydrogen-bond donors (Lipinski definition) is 1. The van der Waals surface area contributed by atoms with Crippen molar-refractivity contribution in [1.29, 1.82) is 0 Å². The van der Waals surface area contributed by atoms with Gasteiger partial charge in [-0.3, -0.25) is 4.79 Å². The molecule has 0 unspecified atom stereocenters. The molecule has 0 bridgehead atoms. The number of hydrogen-bond acceptors (Lipinski definition) is 4. The average Bonchev–Trinajstić information content (AvgIpc) is 2.16. The number of rotatable bonds is 7. The van der Waals surface area contributed by atoms with Gasteiger partial charge in [-0.15, -0.1) is 0 Å². The standard InChI is InChI=1S/C5H10O3.C5H12O/c1-5(7)2-3-8-4-6;1-3-4-5-6-2/h6H,2-4H2,1H3;3-5H2,1-2H3. The van der Waals surface area contributed by atoms with E-state index in [1.54, 1.807) is 7.11 Å². The number of aliphatic hydroxyl groups excluding tert-OH is 1. The summed E-state index contributed by atoms with van der Waals surface area (Å²) >= 11 is 0. The maximum atomic E-state index is 10.2. The maximum absolute atomic E-state index is 10.2. The normalized spacial score (nSPS) is 9.14. The van der Waals surface area contributed by atoms with E-state index in [2.05, 4.69) is 11.7 Å². The van der Waals surface area contributed by atoms with Gasteiger partial charge in [-0.05, 0) is 13.3 Å². The molecule has 0 fully saturated rings. The Morgan fingerprint density at radius 2 is 2.00 bits per heavy atom. The summed E-state index contributed by atoms with van der Waals surface area (Å²) < 4.78 is 9.26. The van der Waals surface area contributed by atoms with Gasteiger partial charge in [-0.1, -0.05) is 13.3 Å². The minimum Gasteiger partial charge on any atom is -0.385 e. The van der Waals surface area contributed by atoms with Gasteiger partial charge in [0.05, 0.1) is 6.61 Å². The van der Waals surface area contributed by atoms with Gasteiger partial charge >= 0.3 is 0 Å². The molecule has 0 amide bonds. The molecule has 0 saturated heterocycles. The lowest BCUT2D eigenvalue weighted by atomic mass is 10.3. The van der Waals surface area contributed by atoms with Gasteiger partial charge in [0.2, 0.25) is 0 Å². The SMILES string of the molecule is CC(=O)CCOCO.CCCCOC. The number of unbranched alkanes of at least 4 members (excludes halogenated alkanes) is 1. The fourth-order valence-electron chi connectivity index (χ4n) is 0.569. The Hall–Kier alpha value is -0.450. The molecule has 0 aromatic heterocycles. The van der Waals surface area contributed by atoms with Crippen LogP contribution in [0.25, 0.3) is 0 Å². The predicted molar refractivity (Wildman–Crippen MR) is 55.1 cm³/mol. The second-order valence-corrected chi connectivity index (χ2v) is 2.84. The number of carbonyl (C=O) groups is 1. The smallest absolute Gasteiger partial charge is 0.143 e. The lowest BCUT2D eigenvalue weighted by molar-refractivity contribution is -0.118. The van der Waals surface area contributed by atoms with Crippen molar-refractivity contribution in [3.8, 4) is 0 Å². The maximum Gasteiger partial charge on any atom is 0.143 e. The molecule has 0 rings (SSSR count). The Bertz CT molecular complexity index is 111. The molecule has 4 nitrogen and oxygen atoms in total. The van der Waals surface area contributed by atoms with Crippen LogP contribution in [-0.2, 0) is 14.3 Å². The van der Waals surface area contributed by atoms with Crippen molar-refractivity contribution < 1.29 is 19.4 Å². The molecule has 0 aliphatic carbocycles. The molecule has 0 spiro atoms. The van der Waals surface area contributed by atoms with E-state index in [0.29, 0.717) is 13.0 Å². The third kappa shape index (κ3) is 22.6. The van der Waals surface area contributed by atoms with Crippen LogP contribution in [0.3, 0.4) is 0 Å². The summed E-state index contributed by atoms with van der Waals surface area (Å²) in [7, 11) is 1.73. The van der Waals surface area contributed by atoms with E-state index in [0.717, 1.165) is 6.61 Å². The molecule has 0 aromatic carbocycles. The molecular weight excluding hydrogens is 184 g/mol. The van der Waals surface area contributed by atoms with Gasteiger partial charge in [-0.25, -0.2) is 0 Å². The molecule has 14 heavy (non-hydrogen) atoms. The van der Waals surface area contributed by atoms with Gasteiger partial charge in [0.25, 0.3) is 0 Å². The second-order valence-electron chi connectivity index (χ2n) is 2.84. The van der Waals surface area contributed by atoms with E-state index < -0.39 is 0 Å². The van der Waals surface area contributed by atoms with E-state index in [4.69, 9.17) is 9.84 Å². The van der Waals surface area contributed by atoms with Crippen LogP contribution in [0.5, 0.6) is 0 Å². The first-order valence-corrected chi connectivity index (χ1v) is 4.86. The van der Waals surface area contributed by atoms with Gasteiger partial charge in [-0.2, -0.15) is 0 Å². The lowest BCUT2D eigenvalue weighted by Crippen LogP contribution is -2.00. The first kappa shape index (κ1) is 16.0. The zero-order valence-electron chi connectivity index (χ0n) is 9.41. The van der Waals surface area contributed by atoms with Crippen LogP contribution in [0.1, 0.15) is 33.1 Å². The molecule has 0 heterocycles. The van der Waals surface area contributed by atoms with Crippen LogP contribution in [-0.4, -0.2) is 38.0 Å². The van der Waals surface area contributed by atoms with Crippen molar-refractivity contribution in [1.82, 2.24) is 0 Å². The Labute approximate surface area is 86.2 Å².